The molecule has 2 bridgehead atoms. The van der Waals surface area contributed by atoms with Gasteiger partial charge in [-0.05, 0) is 55.8 Å². The molecule has 0 radical (unpaired) electrons. The first-order valence-electron chi connectivity index (χ1n) is 10.1. The average molecular weight is 436 g/mol. The smallest absolute Gasteiger partial charge is 0.357 e. The van der Waals surface area contributed by atoms with E-state index in [-0.39, 0.29) is 37.0 Å². The van der Waals surface area contributed by atoms with E-state index in [9.17, 15) is 26.3 Å². The van der Waals surface area contributed by atoms with Gasteiger partial charge >= 0.3 is 6.18 Å². The molecule has 3 saturated carbocycles. The molecule has 0 spiro atoms. The summed E-state index contributed by atoms with van der Waals surface area (Å²) < 4.78 is 121. The highest BCUT2D eigenvalue weighted by molar-refractivity contribution is 5.15. The van der Waals surface area contributed by atoms with Crippen molar-refractivity contribution in [2.45, 2.75) is 95.7 Å². The number of fused-ring (bicyclic) bond motifs is 2. The largest absolute Gasteiger partial charge is 0.423 e. The summed E-state index contributed by atoms with van der Waals surface area (Å²) >= 11 is 0. The van der Waals surface area contributed by atoms with Crippen LogP contribution in [0.25, 0.3) is 0 Å². The predicted molar refractivity (Wildman–Crippen MR) is 90.6 cm³/mol. The number of ether oxygens (including phenoxy) is 1. The number of hydrogen-bond donors (Lipinski definition) is 0. The van der Waals surface area contributed by atoms with Gasteiger partial charge < -0.3 is 4.74 Å². The van der Waals surface area contributed by atoms with Gasteiger partial charge in [0.25, 0.3) is 11.8 Å². The van der Waals surface area contributed by atoms with Gasteiger partial charge in [-0.25, -0.2) is 22.0 Å². The Kier molecular flexibility index (Phi) is 5.33. The van der Waals surface area contributed by atoms with Crippen LogP contribution in [0.1, 0.15) is 59.8 Å². The number of halogens is 8. The van der Waals surface area contributed by atoms with Gasteiger partial charge in [-0.1, -0.05) is 27.2 Å². The van der Waals surface area contributed by atoms with Crippen molar-refractivity contribution in [1.82, 2.24) is 0 Å². The van der Waals surface area contributed by atoms with E-state index in [0.29, 0.717) is 6.42 Å². The van der Waals surface area contributed by atoms with Crippen LogP contribution in [-0.2, 0) is 4.74 Å². The van der Waals surface area contributed by atoms with Crippen molar-refractivity contribution >= 4 is 0 Å². The Morgan fingerprint density at radius 3 is 2.00 bits per heavy atom. The van der Waals surface area contributed by atoms with E-state index < -0.39 is 54.2 Å². The highest BCUT2D eigenvalue weighted by Gasteiger charge is 2.81. The molecule has 0 aromatic heterocycles. The molecule has 0 aromatic rings. The zero-order chi connectivity index (χ0) is 22.2. The Morgan fingerprint density at radius 2 is 1.62 bits per heavy atom. The summed E-state index contributed by atoms with van der Waals surface area (Å²) in [5.41, 5.74) is -4.50. The lowest BCUT2D eigenvalue weighted by Crippen LogP contribution is -2.72. The van der Waals surface area contributed by atoms with Gasteiger partial charge in [-0.3, -0.25) is 0 Å². The first-order valence-corrected chi connectivity index (χ1v) is 10.1. The molecule has 170 valence electrons. The Hall–Kier alpha value is -0.600. The molecule has 0 saturated heterocycles. The van der Waals surface area contributed by atoms with Crippen LogP contribution in [0.3, 0.4) is 0 Å². The first-order chi connectivity index (χ1) is 13.0. The molecule has 3 aliphatic rings. The van der Waals surface area contributed by atoms with E-state index in [1.54, 1.807) is 0 Å². The summed E-state index contributed by atoms with van der Waals surface area (Å²) in [6.45, 7) is 5.10. The standard InChI is InChI=1S/C20H28F8O/c1-5-10-9-18(20(26,27)28,19(24,25)15(14(10)21)17(4,22)23)29-13-8-11-6-7-12(13)16(11,2)3/h10-15H,5-9H2,1-4H3. The maximum Gasteiger partial charge on any atom is 0.423 e. The maximum atomic E-state index is 15.3. The third-order valence-corrected chi connectivity index (χ3v) is 7.93. The summed E-state index contributed by atoms with van der Waals surface area (Å²) in [5.74, 6) is -14.8. The average Bonchev–Trinajstić information content (AvgIpc) is 2.94. The Balaban J connectivity index is 2.08. The van der Waals surface area contributed by atoms with Crippen molar-refractivity contribution < 1.29 is 39.9 Å². The lowest BCUT2D eigenvalue weighted by atomic mass is 9.65. The fourth-order valence-electron chi connectivity index (χ4n) is 6.15. The molecule has 1 nitrogen and oxygen atoms in total. The van der Waals surface area contributed by atoms with Crippen LogP contribution < -0.4 is 0 Å². The number of alkyl halides is 8. The minimum absolute atomic E-state index is 0.0271. The summed E-state index contributed by atoms with van der Waals surface area (Å²) in [6, 6.07) is 0. The quantitative estimate of drug-likeness (QED) is 0.440. The second kappa shape index (κ2) is 6.70. The van der Waals surface area contributed by atoms with E-state index >= 15 is 8.78 Å². The van der Waals surface area contributed by atoms with Crippen LogP contribution in [-0.4, -0.2) is 35.9 Å². The highest BCUT2D eigenvalue weighted by atomic mass is 19.4. The number of hydrogen-bond acceptors (Lipinski definition) is 1. The minimum atomic E-state index is -5.63. The van der Waals surface area contributed by atoms with Gasteiger partial charge in [0, 0.05) is 0 Å². The van der Waals surface area contributed by atoms with Crippen LogP contribution in [0.15, 0.2) is 0 Å². The summed E-state index contributed by atoms with van der Waals surface area (Å²) in [4.78, 5) is 0. The van der Waals surface area contributed by atoms with Gasteiger partial charge in [0.2, 0.25) is 5.60 Å². The highest BCUT2D eigenvalue weighted by Crippen LogP contribution is 2.65. The Morgan fingerprint density at radius 1 is 1.03 bits per heavy atom. The van der Waals surface area contributed by atoms with Crippen LogP contribution in [0.4, 0.5) is 35.1 Å². The Bertz CT molecular complexity index is 625. The molecule has 0 heterocycles. The second-order valence-corrected chi connectivity index (χ2v) is 9.79. The zero-order valence-corrected chi connectivity index (χ0v) is 16.9. The van der Waals surface area contributed by atoms with E-state index in [0.717, 1.165) is 6.42 Å². The molecule has 7 atom stereocenters. The topological polar surface area (TPSA) is 9.23 Å². The molecule has 9 heteroatoms. The lowest BCUT2D eigenvalue weighted by Gasteiger charge is -2.54. The molecular formula is C20H28F8O. The molecule has 0 aliphatic heterocycles. The van der Waals surface area contributed by atoms with Gasteiger partial charge in [0.1, 0.15) is 12.1 Å². The normalized spacial score (nSPS) is 44.3. The van der Waals surface area contributed by atoms with E-state index in [4.69, 9.17) is 4.74 Å². The van der Waals surface area contributed by atoms with E-state index in [2.05, 4.69) is 0 Å². The van der Waals surface area contributed by atoms with Gasteiger partial charge in [0.15, 0.2) is 0 Å². The molecule has 7 unspecified atom stereocenters. The van der Waals surface area contributed by atoms with Crippen molar-refractivity contribution in [3.63, 3.8) is 0 Å². The first kappa shape index (κ1) is 23.1. The lowest BCUT2D eigenvalue weighted by molar-refractivity contribution is -0.405. The van der Waals surface area contributed by atoms with Crippen LogP contribution in [0, 0.1) is 29.1 Å². The van der Waals surface area contributed by atoms with Crippen molar-refractivity contribution in [1.29, 1.82) is 0 Å². The fourth-order valence-corrected chi connectivity index (χ4v) is 6.15. The molecule has 0 amide bonds. The van der Waals surface area contributed by atoms with Crippen molar-refractivity contribution in [2.75, 3.05) is 0 Å². The molecule has 3 rings (SSSR count). The minimum Gasteiger partial charge on any atom is -0.357 e. The molecule has 3 fully saturated rings. The van der Waals surface area contributed by atoms with Crippen LogP contribution in [0.5, 0.6) is 0 Å². The maximum absolute atomic E-state index is 15.3. The zero-order valence-electron chi connectivity index (χ0n) is 16.9. The molecule has 0 aromatic carbocycles. The SMILES string of the molecule is CCC1CC(OC2CC3CCC2C3(C)C)(C(F)(F)F)C(F)(F)C(C(C)(F)F)C1F. The summed E-state index contributed by atoms with van der Waals surface area (Å²) in [6.07, 6.45) is -9.64. The molecule has 3 aliphatic carbocycles. The summed E-state index contributed by atoms with van der Waals surface area (Å²) in [7, 11) is 0. The van der Waals surface area contributed by atoms with Crippen molar-refractivity contribution in [2.24, 2.45) is 29.1 Å². The number of rotatable bonds is 4. The predicted octanol–water partition coefficient (Wildman–Crippen LogP) is 6.80. The van der Waals surface area contributed by atoms with E-state index in [1.807, 2.05) is 13.8 Å². The Labute approximate surface area is 165 Å². The van der Waals surface area contributed by atoms with Crippen LogP contribution in [0.2, 0.25) is 0 Å². The fraction of sp³-hybridized carbons (Fsp3) is 1.00. The molecular weight excluding hydrogens is 408 g/mol. The van der Waals surface area contributed by atoms with Crippen molar-refractivity contribution in [3.05, 3.63) is 0 Å². The van der Waals surface area contributed by atoms with E-state index in [1.165, 1.54) is 6.92 Å². The third-order valence-electron chi connectivity index (χ3n) is 7.93. The van der Waals surface area contributed by atoms with Crippen molar-refractivity contribution in [3.8, 4) is 0 Å². The van der Waals surface area contributed by atoms with Crippen LogP contribution >= 0.6 is 0 Å². The summed E-state index contributed by atoms with van der Waals surface area (Å²) in [5, 5.41) is 0. The van der Waals surface area contributed by atoms with Gasteiger partial charge in [0.05, 0.1) is 6.10 Å². The monoisotopic (exact) mass is 436 g/mol. The van der Waals surface area contributed by atoms with Gasteiger partial charge in [-0.2, -0.15) is 13.2 Å². The molecule has 29 heavy (non-hydrogen) atoms. The van der Waals surface area contributed by atoms with Gasteiger partial charge in [-0.15, -0.1) is 0 Å². The third kappa shape index (κ3) is 3.19. The second-order valence-electron chi connectivity index (χ2n) is 9.79. The molecule has 0 N–H and O–H groups in total.